The molecule has 0 aliphatic carbocycles. The van der Waals surface area contributed by atoms with Crippen molar-refractivity contribution in [2.24, 2.45) is 0 Å². The summed E-state index contributed by atoms with van der Waals surface area (Å²) in [4.78, 5) is 24.3. The lowest BCUT2D eigenvalue weighted by atomic mass is 10.1. The van der Waals surface area contributed by atoms with Gasteiger partial charge in [0.05, 0.1) is 12.9 Å². The Bertz CT molecular complexity index is 1390. The number of rotatable bonds is 8. The van der Waals surface area contributed by atoms with Gasteiger partial charge in [-0.05, 0) is 18.2 Å². The zero-order chi connectivity index (χ0) is 25.2. The fraction of sp³-hybridized carbons (Fsp3) is 0.300. The van der Waals surface area contributed by atoms with Crippen LogP contribution in [0.25, 0.3) is 11.2 Å². The molecule has 4 rings (SSSR count). The summed E-state index contributed by atoms with van der Waals surface area (Å²) < 4.78 is 43.2. The average molecular weight is 504 g/mol. The Balaban J connectivity index is 1.40. The third-order valence-electron chi connectivity index (χ3n) is 5.02. The lowest BCUT2D eigenvalue weighted by Crippen LogP contribution is -2.37. The summed E-state index contributed by atoms with van der Waals surface area (Å²) in [5.41, 5.74) is 6.23. The number of aliphatic hydroxyl groups excluding tert-OH is 2. The Labute approximate surface area is 198 Å². The van der Waals surface area contributed by atoms with Crippen LogP contribution in [0.1, 0.15) is 16.6 Å². The van der Waals surface area contributed by atoms with E-state index in [1.54, 1.807) is 10.8 Å². The number of carbonyl (C=O) groups is 1. The summed E-state index contributed by atoms with van der Waals surface area (Å²) in [7, 11) is -4.60. The molecule has 35 heavy (non-hydrogen) atoms. The van der Waals surface area contributed by atoms with E-state index < -0.39 is 47.4 Å². The minimum atomic E-state index is -4.60. The Morgan fingerprint density at radius 2 is 2.09 bits per heavy atom. The molecule has 0 radical (unpaired) electrons. The van der Waals surface area contributed by atoms with E-state index in [9.17, 15) is 23.4 Å². The van der Waals surface area contributed by atoms with E-state index in [1.807, 2.05) is 0 Å². The maximum atomic E-state index is 12.3. The lowest BCUT2D eigenvalue weighted by Gasteiger charge is -2.16. The van der Waals surface area contributed by atoms with Crippen LogP contribution in [0, 0.1) is 12.3 Å². The Kier molecular flexibility index (Phi) is 6.82. The van der Waals surface area contributed by atoms with Gasteiger partial charge in [-0.3, -0.25) is 13.5 Å². The highest BCUT2D eigenvalue weighted by Gasteiger charge is 2.45. The predicted octanol–water partition coefficient (Wildman–Crippen LogP) is -1.27. The molecular weight excluding hydrogens is 484 g/mol. The van der Waals surface area contributed by atoms with Crippen LogP contribution in [0.5, 0.6) is 5.75 Å². The lowest BCUT2D eigenvalue weighted by molar-refractivity contribution is -0.0468. The fourth-order valence-electron chi connectivity index (χ4n) is 3.36. The van der Waals surface area contributed by atoms with Gasteiger partial charge in [-0.2, -0.15) is 8.42 Å². The van der Waals surface area contributed by atoms with E-state index in [0.29, 0.717) is 0 Å². The van der Waals surface area contributed by atoms with Crippen LogP contribution in [0.15, 0.2) is 36.9 Å². The number of nitrogen functional groups attached to an aromatic ring is 1. The number of nitrogens with two attached hydrogens (primary N) is 1. The summed E-state index contributed by atoms with van der Waals surface area (Å²) in [6.45, 7) is -0.731. The second kappa shape index (κ2) is 9.82. The second-order valence-electron chi connectivity index (χ2n) is 7.32. The first kappa shape index (κ1) is 24.3. The number of imidazole rings is 1. The predicted molar refractivity (Wildman–Crippen MR) is 119 cm³/mol. The van der Waals surface area contributed by atoms with Gasteiger partial charge in [0.15, 0.2) is 17.7 Å². The number of aliphatic hydroxyl groups is 2. The van der Waals surface area contributed by atoms with Crippen molar-refractivity contribution in [2.45, 2.75) is 24.5 Å². The molecular formula is C20H20N6O8S. The van der Waals surface area contributed by atoms with Crippen LogP contribution in [-0.2, 0) is 19.2 Å². The minimum Gasteiger partial charge on any atom is -0.481 e. The van der Waals surface area contributed by atoms with Crippen molar-refractivity contribution in [3.8, 4) is 18.1 Å². The molecule has 1 aliphatic rings. The van der Waals surface area contributed by atoms with Crippen molar-refractivity contribution in [2.75, 3.05) is 18.9 Å². The topological polar surface area (TPSA) is 201 Å². The van der Waals surface area contributed by atoms with Gasteiger partial charge >= 0.3 is 10.3 Å². The molecule has 1 aliphatic heterocycles. The van der Waals surface area contributed by atoms with Gasteiger partial charge in [0.1, 0.15) is 42.5 Å². The average Bonchev–Trinajstić information content (AvgIpc) is 3.38. The quantitative estimate of drug-likeness (QED) is 0.265. The SMILES string of the molecule is C#CCOc1cccc(C(=O)NS(=O)(=O)OC[C@H]2O[C@@H](n3cnc4c(N)ncnc43)[C@H](O)[C@@H]2O)c1. The normalized spacial score (nSPS) is 22.1. The Morgan fingerprint density at radius 1 is 1.29 bits per heavy atom. The molecule has 1 aromatic carbocycles. The van der Waals surface area contributed by atoms with Crippen LogP contribution in [0.3, 0.4) is 0 Å². The van der Waals surface area contributed by atoms with Gasteiger partial charge in [0.2, 0.25) is 0 Å². The molecule has 0 saturated carbocycles. The second-order valence-corrected chi connectivity index (χ2v) is 8.67. The monoisotopic (exact) mass is 504 g/mol. The zero-order valence-electron chi connectivity index (χ0n) is 17.9. The van der Waals surface area contributed by atoms with Gasteiger partial charge in [0, 0.05) is 5.56 Å². The number of terminal acetylenes is 1. The van der Waals surface area contributed by atoms with Crippen LogP contribution >= 0.6 is 0 Å². The molecule has 1 saturated heterocycles. The van der Waals surface area contributed by atoms with Crippen molar-refractivity contribution in [1.82, 2.24) is 24.2 Å². The van der Waals surface area contributed by atoms with Crippen LogP contribution in [0.2, 0.25) is 0 Å². The number of amides is 1. The summed E-state index contributed by atoms with van der Waals surface area (Å²) in [6.07, 6.45) is 2.18. The minimum absolute atomic E-state index is 0.0208. The highest BCUT2D eigenvalue weighted by molar-refractivity contribution is 7.85. The summed E-state index contributed by atoms with van der Waals surface area (Å²) >= 11 is 0. The van der Waals surface area contributed by atoms with Crippen LogP contribution in [-0.4, -0.2) is 75.6 Å². The van der Waals surface area contributed by atoms with Gasteiger partial charge < -0.3 is 25.4 Å². The molecule has 2 aromatic heterocycles. The van der Waals surface area contributed by atoms with Gasteiger partial charge in [-0.1, -0.05) is 12.0 Å². The Morgan fingerprint density at radius 3 is 2.86 bits per heavy atom. The van der Waals surface area contributed by atoms with Gasteiger partial charge in [-0.25, -0.2) is 19.7 Å². The molecule has 4 atom stereocenters. The molecule has 184 valence electrons. The third-order valence-corrected chi connectivity index (χ3v) is 5.90. The number of nitrogens with zero attached hydrogens (tertiary/aromatic N) is 4. The molecule has 1 amide bonds. The number of nitrogens with one attached hydrogen (secondary N) is 1. The first-order valence-electron chi connectivity index (χ1n) is 10.0. The van der Waals surface area contributed by atoms with E-state index in [0.717, 1.165) is 0 Å². The van der Waals surface area contributed by atoms with Gasteiger partial charge in [0.25, 0.3) is 5.91 Å². The first-order valence-corrected chi connectivity index (χ1v) is 11.4. The third kappa shape index (κ3) is 5.16. The first-order chi connectivity index (χ1) is 16.7. The maximum Gasteiger partial charge on any atom is 0.362 e. The Hall–Kier alpha value is -3.81. The largest absolute Gasteiger partial charge is 0.481 e. The molecule has 3 heterocycles. The highest BCUT2D eigenvalue weighted by atomic mass is 32.2. The number of fused-ring (bicyclic) bond motifs is 1. The number of hydrogen-bond donors (Lipinski definition) is 4. The number of ether oxygens (including phenoxy) is 2. The number of carbonyl (C=O) groups excluding carboxylic acids is 1. The van der Waals surface area contributed by atoms with E-state index >= 15 is 0 Å². The number of hydrogen-bond acceptors (Lipinski definition) is 12. The van der Waals surface area contributed by atoms with Crippen molar-refractivity contribution in [3.63, 3.8) is 0 Å². The van der Waals surface area contributed by atoms with E-state index in [-0.39, 0.29) is 34.9 Å². The number of anilines is 1. The molecule has 5 N–H and O–H groups in total. The molecule has 14 nitrogen and oxygen atoms in total. The molecule has 1 fully saturated rings. The standard InChI is InChI=1S/C20H20N6O8S/c1-2-6-32-12-5-3-4-11(7-12)19(29)25-35(30,31)33-8-13-15(27)16(28)20(34-13)26-10-24-14-17(21)22-9-23-18(14)26/h1,3-5,7,9-10,13,15-16,20,27-28H,6,8H2,(H,25,29)(H2,21,22,23)/t13-,15-,16-,20-/m1/s1. The molecule has 0 bridgehead atoms. The van der Waals surface area contributed by atoms with Crippen molar-refractivity contribution < 1.29 is 37.1 Å². The van der Waals surface area contributed by atoms with Crippen molar-refractivity contribution in [1.29, 1.82) is 0 Å². The van der Waals surface area contributed by atoms with E-state index in [2.05, 4.69) is 20.9 Å². The van der Waals surface area contributed by atoms with Crippen LogP contribution in [0.4, 0.5) is 5.82 Å². The van der Waals surface area contributed by atoms with Crippen molar-refractivity contribution in [3.05, 3.63) is 42.5 Å². The molecule has 3 aromatic rings. The molecule has 0 unspecified atom stereocenters. The van der Waals surface area contributed by atoms with Crippen LogP contribution < -0.4 is 15.2 Å². The highest BCUT2D eigenvalue weighted by Crippen LogP contribution is 2.32. The van der Waals surface area contributed by atoms with Crippen molar-refractivity contribution >= 4 is 33.2 Å². The number of aromatic nitrogens is 4. The fourth-order valence-corrected chi connectivity index (χ4v) is 4.08. The maximum absolute atomic E-state index is 12.3. The molecule has 15 heteroatoms. The summed E-state index contributed by atoms with van der Waals surface area (Å²) in [6, 6.07) is 5.70. The van der Waals surface area contributed by atoms with E-state index in [1.165, 1.54) is 35.4 Å². The van der Waals surface area contributed by atoms with E-state index in [4.69, 9.17) is 25.8 Å². The number of benzene rings is 1. The zero-order valence-corrected chi connectivity index (χ0v) is 18.7. The molecule has 0 spiro atoms. The summed E-state index contributed by atoms with van der Waals surface area (Å²) in [5.74, 6) is 1.67. The van der Waals surface area contributed by atoms with Gasteiger partial charge in [-0.15, -0.1) is 6.42 Å². The smallest absolute Gasteiger partial charge is 0.362 e. The summed E-state index contributed by atoms with van der Waals surface area (Å²) in [5, 5.41) is 20.8.